The monoisotopic (exact) mass is 323 g/mol. The molecule has 0 bridgehead atoms. The van der Waals surface area contributed by atoms with Gasteiger partial charge < -0.3 is 5.73 Å². The van der Waals surface area contributed by atoms with E-state index in [4.69, 9.17) is 15.8 Å². The fourth-order valence-corrected chi connectivity index (χ4v) is 1.73. The molecule has 0 atom stereocenters. The molecule has 4 nitrogen and oxygen atoms in total. The molecule has 0 saturated carbocycles. The van der Waals surface area contributed by atoms with Crippen molar-refractivity contribution in [3.63, 3.8) is 0 Å². The van der Waals surface area contributed by atoms with E-state index in [1.54, 1.807) is 0 Å². The zero-order chi connectivity index (χ0) is 13.9. The first-order valence-electron chi connectivity index (χ1n) is 6.19. The standard InChI is InChI=1S/C14H18BrN3O/c15-13-7-5-12(6-8-13)14(18-19-11-10-17)4-2-1-3-9-16/h4-8,18H,1-3,10-11,17H2. The first-order valence-corrected chi connectivity index (χ1v) is 6.98. The molecule has 0 amide bonds. The molecule has 0 aliphatic carbocycles. The van der Waals surface area contributed by atoms with Gasteiger partial charge in [0.25, 0.3) is 0 Å². The van der Waals surface area contributed by atoms with Crippen LogP contribution in [-0.4, -0.2) is 13.2 Å². The van der Waals surface area contributed by atoms with Crippen LogP contribution >= 0.6 is 15.9 Å². The Morgan fingerprint density at radius 1 is 1.42 bits per heavy atom. The number of hydrogen-bond donors (Lipinski definition) is 2. The Morgan fingerprint density at radius 2 is 2.16 bits per heavy atom. The number of unbranched alkanes of at least 4 members (excludes halogenated alkanes) is 2. The number of hydroxylamine groups is 1. The topological polar surface area (TPSA) is 71.1 Å². The van der Waals surface area contributed by atoms with Crippen LogP contribution in [-0.2, 0) is 4.84 Å². The number of hydrogen-bond acceptors (Lipinski definition) is 4. The van der Waals surface area contributed by atoms with Crippen molar-refractivity contribution in [2.75, 3.05) is 13.2 Å². The Morgan fingerprint density at radius 3 is 2.79 bits per heavy atom. The van der Waals surface area contributed by atoms with Crippen LogP contribution in [0.2, 0.25) is 0 Å². The van der Waals surface area contributed by atoms with E-state index in [1.165, 1.54) is 0 Å². The molecule has 0 radical (unpaired) electrons. The zero-order valence-electron chi connectivity index (χ0n) is 10.7. The highest BCUT2D eigenvalue weighted by Crippen LogP contribution is 2.17. The SMILES string of the molecule is N#CCCCC=C(NOCCN)c1ccc(Br)cc1. The minimum atomic E-state index is 0.450. The zero-order valence-corrected chi connectivity index (χ0v) is 12.3. The fraction of sp³-hybridized carbons (Fsp3) is 0.357. The van der Waals surface area contributed by atoms with Crippen molar-refractivity contribution in [1.82, 2.24) is 5.48 Å². The lowest BCUT2D eigenvalue weighted by Crippen LogP contribution is -2.18. The van der Waals surface area contributed by atoms with Crippen LogP contribution in [0, 0.1) is 11.3 Å². The normalized spacial score (nSPS) is 11.1. The summed E-state index contributed by atoms with van der Waals surface area (Å²) in [5.74, 6) is 0. The number of benzene rings is 1. The minimum absolute atomic E-state index is 0.450. The molecule has 1 aromatic carbocycles. The summed E-state index contributed by atoms with van der Waals surface area (Å²) in [4.78, 5) is 5.27. The Hall–Kier alpha value is -1.35. The molecule has 0 aliphatic rings. The quantitative estimate of drug-likeness (QED) is 0.570. The van der Waals surface area contributed by atoms with Gasteiger partial charge in [-0.05, 0) is 30.5 Å². The van der Waals surface area contributed by atoms with Gasteiger partial charge in [0, 0.05) is 17.4 Å². The van der Waals surface area contributed by atoms with Crippen molar-refractivity contribution >= 4 is 21.6 Å². The van der Waals surface area contributed by atoms with Crippen molar-refractivity contribution in [2.45, 2.75) is 19.3 Å². The molecule has 1 rings (SSSR count). The molecular weight excluding hydrogens is 306 g/mol. The largest absolute Gasteiger partial charge is 0.328 e. The number of nitrogens with zero attached hydrogens (tertiary/aromatic N) is 1. The summed E-state index contributed by atoms with van der Waals surface area (Å²) in [6.45, 7) is 0.918. The highest BCUT2D eigenvalue weighted by atomic mass is 79.9. The molecule has 0 spiro atoms. The second kappa shape index (κ2) is 9.56. The van der Waals surface area contributed by atoms with E-state index in [9.17, 15) is 0 Å². The number of nitrogens with two attached hydrogens (primary N) is 1. The molecule has 0 aliphatic heterocycles. The van der Waals surface area contributed by atoms with Gasteiger partial charge in [-0.1, -0.05) is 34.1 Å². The van der Waals surface area contributed by atoms with Gasteiger partial charge in [0.2, 0.25) is 0 Å². The molecule has 3 N–H and O–H groups in total. The van der Waals surface area contributed by atoms with Gasteiger partial charge in [-0.2, -0.15) is 5.26 Å². The van der Waals surface area contributed by atoms with E-state index in [0.29, 0.717) is 19.6 Å². The number of halogens is 1. The lowest BCUT2D eigenvalue weighted by Gasteiger charge is -2.11. The molecule has 0 heterocycles. The van der Waals surface area contributed by atoms with Crippen LogP contribution in [0.15, 0.2) is 34.8 Å². The number of rotatable bonds is 8. The molecule has 0 aromatic heterocycles. The second-order valence-corrected chi connectivity index (χ2v) is 4.83. The summed E-state index contributed by atoms with van der Waals surface area (Å²) in [6, 6.07) is 10.1. The van der Waals surface area contributed by atoms with Crippen molar-refractivity contribution < 1.29 is 4.84 Å². The molecular formula is C14H18BrN3O. The van der Waals surface area contributed by atoms with Crippen molar-refractivity contribution in [3.05, 3.63) is 40.4 Å². The Bertz CT molecular complexity index is 437. The molecule has 1 aromatic rings. The second-order valence-electron chi connectivity index (χ2n) is 3.91. The lowest BCUT2D eigenvalue weighted by molar-refractivity contribution is 0.0847. The molecule has 5 heteroatoms. The first-order chi connectivity index (χ1) is 9.27. The number of nitriles is 1. The molecule has 0 unspecified atom stereocenters. The molecule has 102 valence electrons. The van der Waals surface area contributed by atoms with Gasteiger partial charge >= 0.3 is 0 Å². The molecule has 19 heavy (non-hydrogen) atoms. The van der Waals surface area contributed by atoms with Gasteiger partial charge in [0.05, 0.1) is 18.4 Å². The summed E-state index contributed by atoms with van der Waals surface area (Å²) in [5, 5.41) is 8.52. The summed E-state index contributed by atoms with van der Waals surface area (Å²) in [5.41, 5.74) is 10.2. The third kappa shape index (κ3) is 6.39. The first kappa shape index (κ1) is 15.7. The Balaban J connectivity index is 2.67. The van der Waals surface area contributed by atoms with E-state index in [-0.39, 0.29) is 0 Å². The molecule has 0 saturated heterocycles. The number of allylic oxidation sites excluding steroid dienone is 1. The Labute approximate surface area is 122 Å². The van der Waals surface area contributed by atoms with Gasteiger partial charge in [-0.25, -0.2) is 0 Å². The maximum Gasteiger partial charge on any atom is 0.0868 e. The highest BCUT2D eigenvalue weighted by Gasteiger charge is 2.01. The van der Waals surface area contributed by atoms with Gasteiger partial charge in [-0.3, -0.25) is 10.3 Å². The van der Waals surface area contributed by atoms with Crippen molar-refractivity contribution in [3.8, 4) is 6.07 Å². The van der Waals surface area contributed by atoms with Crippen molar-refractivity contribution in [2.24, 2.45) is 5.73 Å². The van der Waals surface area contributed by atoms with Crippen molar-refractivity contribution in [1.29, 1.82) is 5.26 Å². The Kier molecular flexibility index (Phi) is 7.91. The van der Waals surface area contributed by atoms with E-state index in [2.05, 4.69) is 27.5 Å². The van der Waals surface area contributed by atoms with Gasteiger partial charge in [0.1, 0.15) is 0 Å². The highest BCUT2D eigenvalue weighted by molar-refractivity contribution is 9.10. The van der Waals surface area contributed by atoms with Crippen LogP contribution < -0.4 is 11.2 Å². The van der Waals surface area contributed by atoms with Crippen LogP contribution in [0.25, 0.3) is 5.70 Å². The van der Waals surface area contributed by atoms with Crippen LogP contribution in [0.3, 0.4) is 0 Å². The maximum absolute atomic E-state index is 8.52. The summed E-state index contributed by atoms with van der Waals surface area (Å²) in [6.07, 6.45) is 4.28. The predicted octanol–water partition coefficient (Wildman–Crippen LogP) is 2.96. The maximum atomic E-state index is 8.52. The predicted molar refractivity (Wildman–Crippen MR) is 79.7 cm³/mol. The van der Waals surface area contributed by atoms with E-state index >= 15 is 0 Å². The van der Waals surface area contributed by atoms with E-state index in [0.717, 1.165) is 28.6 Å². The smallest absolute Gasteiger partial charge is 0.0868 e. The third-order valence-corrected chi connectivity index (χ3v) is 2.93. The molecule has 0 fully saturated rings. The van der Waals surface area contributed by atoms with Crippen LogP contribution in [0.5, 0.6) is 0 Å². The lowest BCUT2D eigenvalue weighted by atomic mass is 10.1. The number of nitrogens with one attached hydrogen (secondary N) is 1. The summed E-state index contributed by atoms with van der Waals surface area (Å²) in [7, 11) is 0. The minimum Gasteiger partial charge on any atom is -0.328 e. The van der Waals surface area contributed by atoms with Gasteiger partial charge in [-0.15, -0.1) is 0 Å². The average Bonchev–Trinajstić information content (AvgIpc) is 2.43. The van der Waals surface area contributed by atoms with Gasteiger partial charge in [0.15, 0.2) is 0 Å². The van der Waals surface area contributed by atoms with E-state index in [1.807, 2.05) is 30.3 Å². The van der Waals surface area contributed by atoms with Crippen LogP contribution in [0.4, 0.5) is 0 Å². The summed E-state index contributed by atoms with van der Waals surface area (Å²) < 4.78 is 1.03. The fourth-order valence-electron chi connectivity index (χ4n) is 1.46. The third-order valence-electron chi connectivity index (χ3n) is 2.40. The van der Waals surface area contributed by atoms with E-state index < -0.39 is 0 Å². The summed E-state index contributed by atoms with van der Waals surface area (Å²) >= 11 is 3.41. The average molecular weight is 324 g/mol. The van der Waals surface area contributed by atoms with Crippen LogP contribution in [0.1, 0.15) is 24.8 Å².